The molecule has 5 amide bonds. The van der Waals surface area contributed by atoms with Gasteiger partial charge in [0.05, 0.1) is 18.6 Å². The lowest BCUT2D eigenvalue weighted by Gasteiger charge is -2.25. The van der Waals surface area contributed by atoms with Crippen LogP contribution in [0.15, 0.2) is 24.3 Å². The summed E-state index contributed by atoms with van der Waals surface area (Å²) >= 11 is 4.25. The Labute approximate surface area is 411 Å². The van der Waals surface area contributed by atoms with Gasteiger partial charge in [0, 0.05) is 49.7 Å². The van der Waals surface area contributed by atoms with Gasteiger partial charge in [-0.25, -0.2) is 0 Å². The topological polar surface area (TPSA) is 283 Å². The Balaban J connectivity index is 2.99. The van der Waals surface area contributed by atoms with E-state index in [-0.39, 0.29) is 74.6 Å². The molecule has 0 heterocycles. The number of carbonyl (C=O) groups excluding carboxylic acids is 8. The Morgan fingerprint density at radius 3 is 1.63 bits per heavy atom. The molecule has 1 aromatic carbocycles. The predicted molar refractivity (Wildman–Crippen MR) is 271 cm³/mol. The van der Waals surface area contributed by atoms with Crippen molar-refractivity contribution in [1.29, 1.82) is 0 Å². The Morgan fingerprint density at radius 1 is 0.574 bits per heavy atom. The summed E-state index contributed by atoms with van der Waals surface area (Å²) < 4.78 is 0. The normalized spacial score (nSPS) is 13.4. The first-order valence-electron chi connectivity index (χ1n) is 25.5. The maximum Gasteiger partial charge on any atom is 0.243 e. The first-order chi connectivity index (χ1) is 32.7. The molecule has 11 N–H and O–H groups in total. The Bertz CT molecular complexity index is 1650. The molecule has 0 saturated carbocycles. The van der Waals surface area contributed by atoms with E-state index in [1.54, 1.807) is 19.1 Å². The molecule has 0 bridgehead atoms. The maximum atomic E-state index is 14.1. The first kappa shape index (κ1) is 61.7. The molecule has 0 aliphatic carbocycles. The minimum atomic E-state index is -1.26. The number of benzene rings is 1. The fourth-order valence-electron chi connectivity index (χ4n) is 8.07. The van der Waals surface area contributed by atoms with Crippen molar-refractivity contribution in [2.75, 3.05) is 25.4 Å². The second-order valence-electron chi connectivity index (χ2n) is 18.2. The maximum absolute atomic E-state index is 14.1. The third-order valence-corrected chi connectivity index (χ3v) is 12.6. The zero-order valence-corrected chi connectivity index (χ0v) is 42.2. The average molecular weight is 974 g/mol. The molecule has 1 rings (SSSR count). The number of nitrogens with one attached hydrogen (secondary N) is 4. The summed E-state index contributed by atoms with van der Waals surface area (Å²) in [7, 11) is 0. The number of carbonyl (C=O) groups is 8. The molecule has 0 saturated heterocycles. The van der Waals surface area contributed by atoms with Crippen LogP contribution in [0.3, 0.4) is 0 Å². The minimum absolute atomic E-state index is 0.00124. The number of Topliss-reactive ketones (excluding diaryl/α,β-unsaturated/α-hetero) is 3. The highest BCUT2D eigenvalue weighted by Crippen LogP contribution is 2.21. The number of ketones is 3. The monoisotopic (exact) mass is 974 g/mol. The standard InChI is InChI=1S/C51H87N7O9S/c1-3-5-6-7-8-9-10-11-12-13-14-15-16-23-48(64)56-44(36-68)51(67)55-35-41(60)33-39(32-37-24-26-40(59)27-25-37)50(66)58-43(28-29-47(54)63)46(62)34-38(21-17-19-30-52)49(65)57-42(45(61)4-2)22-18-20-31-53/h24-27,38-39,42-44,59,68H,3-23,28-36,52-53H2,1-2H3,(H2,54,63)(H,55,67)(H,56,64)(H,57,65)(H,58,66)/t38-,39-,42+,43+,44+/m1/s1. The van der Waals surface area contributed by atoms with E-state index in [9.17, 15) is 43.5 Å². The number of phenolic OH excluding ortho intramolecular Hbond substituents is 1. The summed E-state index contributed by atoms with van der Waals surface area (Å²) in [5, 5.41) is 20.7. The van der Waals surface area contributed by atoms with Crippen molar-refractivity contribution < 1.29 is 43.5 Å². The number of primary amides is 1. The van der Waals surface area contributed by atoms with E-state index in [1.807, 2.05) is 0 Å². The molecular weight excluding hydrogens is 887 g/mol. The second-order valence-corrected chi connectivity index (χ2v) is 18.6. The molecule has 0 spiro atoms. The SMILES string of the molecule is CCCCCCCCCCCCCCCC(=O)N[C@@H](CS)C(=O)NCC(=O)C[C@@H](Cc1ccc(O)cc1)C(=O)N[C@@H](CCC(N)=O)C(=O)C[C@@H](CCCCN)C(=O)N[C@@H](CCCCN)C(=O)CC. The number of unbranched alkanes of at least 4 members (excludes halogenated alkanes) is 14. The van der Waals surface area contributed by atoms with E-state index >= 15 is 0 Å². The van der Waals surface area contributed by atoms with Crippen LogP contribution in [0.25, 0.3) is 0 Å². The molecule has 1 aromatic rings. The minimum Gasteiger partial charge on any atom is -0.508 e. The van der Waals surface area contributed by atoms with Gasteiger partial charge in [0.2, 0.25) is 29.5 Å². The lowest BCUT2D eigenvalue weighted by molar-refractivity contribution is -0.135. The Kier molecular flexibility index (Phi) is 34.9. The van der Waals surface area contributed by atoms with E-state index in [4.69, 9.17) is 17.2 Å². The lowest BCUT2D eigenvalue weighted by atomic mass is 9.89. The average Bonchev–Trinajstić information content (AvgIpc) is 3.32. The summed E-state index contributed by atoms with van der Waals surface area (Å²) in [5.41, 5.74) is 17.4. The molecule has 0 aliphatic heterocycles. The molecular formula is C51H87N7O9S. The fraction of sp³-hybridized carbons (Fsp3) is 0.725. The van der Waals surface area contributed by atoms with Crippen LogP contribution in [-0.4, -0.2) is 95.5 Å². The smallest absolute Gasteiger partial charge is 0.243 e. The lowest BCUT2D eigenvalue weighted by Crippen LogP contribution is -2.49. The predicted octanol–water partition coefficient (Wildman–Crippen LogP) is 5.57. The number of phenols is 1. The second kappa shape index (κ2) is 38.5. The highest BCUT2D eigenvalue weighted by Gasteiger charge is 2.32. The van der Waals surface area contributed by atoms with Crippen molar-refractivity contribution in [3.8, 4) is 5.75 Å². The largest absolute Gasteiger partial charge is 0.508 e. The zero-order chi connectivity index (χ0) is 50.5. The van der Waals surface area contributed by atoms with Gasteiger partial charge in [-0.05, 0) is 82.2 Å². The summed E-state index contributed by atoms with van der Waals surface area (Å²) in [5.74, 6) is -5.90. The summed E-state index contributed by atoms with van der Waals surface area (Å²) in [6.07, 6.45) is 17.8. The highest BCUT2D eigenvalue weighted by molar-refractivity contribution is 7.80. The van der Waals surface area contributed by atoms with Gasteiger partial charge >= 0.3 is 0 Å². The number of hydrogen-bond acceptors (Lipinski definition) is 12. The van der Waals surface area contributed by atoms with Crippen molar-refractivity contribution in [3.63, 3.8) is 0 Å². The molecule has 0 unspecified atom stereocenters. The highest BCUT2D eigenvalue weighted by atomic mass is 32.1. The number of nitrogens with two attached hydrogens (primary N) is 3. The van der Waals surface area contributed by atoms with Crippen LogP contribution in [0.4, 0.5) is 0 Å². The van der Waals surface area contributed by atoms with E-state index in [1.165, 1.54) is 69.9 Å². The summed E-state index contributed by atoms with van der Waals surface area (Å²) in [6.45, 7) is 4.29. The first-order valence-corrected chi connectivity index (χ1v) is 26.1. The molecule has 0 fully saturated rings. The van der Waals surface area contributed by atoms with Gasteiger partial charge in [0.25, 0.3) is 0 Å². The quantitative estimate of drug-likeness (QED) is 0.0288. The van der Waals surface area contributed by atoms with Gasteiger partial charge in [-0.15, -0.1) is 0 Å². The van der Waals surface area contributed by atoms with E-state index in [0.29, 0.717) is 57.2 Å². The van der Waals surface area contributed by atoms with E-state index < -0.39 is 71.7 Å². The van der Waals surface area contributed by atoms with Gasteiger partial charge in [-0.2, -0.15) is 12.6 Å². The molecule has 17 heteroatoms. The third-order valence-electron chi connectivity index (χ3n) is 12.3. The van der Waals surface area contributed by atoms with E-state index in [0.717, 1.165) is 19.3 Å². The van der Waals surface area contributed by atoms with Gasteiger partial charge in [0.1, 0.15) is 11.8 Å². The van der Waals surface area contributed by atoms with Crippen molar-refractivity contribution in [2.45, 2.75) is 199 Å². The molecule has 0 radical (unpaired) electrons. The fourth-order valence-corrected chi connectivity index (χ4v) is 8.33. The molecule has 386 valence electrons. The van der Waals surface area contributed by atoms with Gasteiger partial charge in [0.15, 0.2) is 17.3 Å². The van der Waals surface area contributed by atoms with Crippen LogP contribution < -0.4 is 38.5 Å². The van der Waals surface area contributed by atoms with Crippen molar-refractivity contribution >= 4 is 59.5 Å². The van der Waals surface area contributed by atoms with Gasteiger partial charge in [-0.3, -0.25) is 38.4 Å². The number of amides is 5. The molecule has 0 aromatic heterocycles. The van der Waals surface area contributed by atoms with Gasteiger partial charge in [-0.1, -0.05) is 109 Å². The van der Waals surface area contributed by atoms with Crippen molar-refractivity contribution in [1.82, 2.24) is 21.3 Å². The van der Waals surface area contributed by atoms with Crippen molar-refractivity contribution in [2.24, 2.45) is 29.0 Å². The molecule has 68 heavy (non-hydrogen) atoms. The number of aromatic hydroxyl groups is 1. The van der Waals surface area contributed by atoms with Crippen LogP contribution in [0.1, 0.15) is 180 Å². The zero-order valence-electron chi connectivity index (χ0n) is 41.3. The number of hydrogen-bond donors (Lipinski definition) is 9. The van der Waals surface area contributed by atoms with Crippen LogP contribution in [0.2, 0.25) is 0 Å². The Hall–Kier alpha value is -4.35. The molecule has 0 aliphatic rings. The van der Waals surface area contributed by atoms with Crippen LogP contribution >= 0.6 is 12.6 Å². The van der Waals surface area contributed by atoms with E-state index in [2.05, 4.69) is 40.8 Å². The molecule has 5 atom stereocenters. The third kappa shape index (κ3) is 28.9. The summed E-state index contributed by atoms with van der Waals surface area (Å²) in [6, 6.07) is 3.06. The van der Waals surface area contributed by atoms with Crippen molar-refractivity contribution in [3.05, 3.63) is 29.8 Å². The van der Waals surface area contributed by atoms with Gasteiger partial charge < -0.3 is 43.6 Å². The number of thiol groups is 1. The van der Waals surface area contributed by atoms with Crippen LogP contribution in [0, 0.1) is 11.8 Å². The Morgan fingerprint density at radius 2 is 1.10 bits per heavy atom. The van der Waals surface area contributed by atoms with Crippen LogP contribution in [0.5, 0.6) is 5.75 Å². The number of rotatable bonds is 43. The molecule has 16 nitrogen and oxygen atoms in total. The summed E-state index contributed by atoms with van der Waals surface area (Å²) in [4.78, 5) is 106. The van der Waals surface area contributed by atoms with Crippen LogP contribution in [-0.2, 0) is 44.8 Å².